The second-order valence-electron chi connectivity index (χ2n) is 2.74. The summed E-state index contributed by atoms with van der Waals surface area (Å²) in [6.45, 7) is 0. The summed E-state index contributed by atoms with van der Waals surface area (Å²) >= 11 is 5.09. The normalized spacial score (nSPS) is 10.8. The van der Waals surface area contributed by atoms with Gasteiger partial charge in [0.25, 0.3) is 5.65 Å². The lowest BCUT2D eigenvalue weighted by Gasteiger charge is -1.85. The molecule has 0 fully saturated rings. The van der Waals surface area contributed by atoms with Crippen LogP contribution in [-0.4, -0.2) is 14.5 Å². The zero-order valence-electron chi connectivity index (χ0n) is 6.90. The molecule has 2 aromatic rings. The first-order valence-corrected chi connectivity index (χ1v) is 3.99. The van der Waals surface area contributed by atoms with Crippen LogP contribution in [0.5, 0.6) is 0 Å². The second kappa shape index (κ2) is 2.38. The van der Waals surface area contributed by atoms with Crippen LogP contribution in [-0.2, 0) is 14.1 Å². The Kier molecular flexibility index (Phi) is 1.47. The van der Waals surface area contributed by atoms with Gasteiger partial charge in [0.15, 0.2) is 17.3 Å². The van der Waals surface area contributed by atoms with Crippen molar-refractivity contribution >= 4 is 23.4 Å². The number of aromatic nitrogens is 4. The minimum absolute atomic E-state index is 0.631. The summed E-state index contributed by atoms with van der Waals surface area (Å²) in [4.78, 5) is 7.05. The summed E-state index contributed by atoms with van der Waals surface area (Å²) in [7, 11) is 3.92. The molecule has 0 aliphatic rings. The van der Waals surface area contributed by atoms with E-state index in [1.807, 2.05) is 29.6 Å². The molecule has 0 atom stereocenters. The molecule has 4 nitrogen and oxygen atoms in total. The van der Waals surface area contributed by atoms with Gasteiger partial charge in [-0.05, 0) is 0 Å². The molecule has 5 heteroatoms. The smallest absolute Gasteiger partial charge is 0.261 e. The maximum Gasteiger partial charge on any atom is 0.269 e. The van der Waals surface area contributed by atoms with E-state index in [1.54, 1.807) is 6.33 Å². The van der Waals surface area contributed by atoms with Crippen molar-refractivity contribution in [2.45, 2.75) is 0 Å². The zero-order valence-corrected chi connectivity index (χ0v) is 7.72. The van der Waals surface area contributed by atoms with Crippen molar-refractivity contribution in [2.75, 3.05) is 0 Å². The highest BCUT2D eigenvalue weighted by Gasteiger charge is 2.10. The largest absolute Gasteiger partial charge is 0.269 e. The van der Waals surface area contributed by atoms with Crippen molar-refractivity contribution in [2.24, 2.45) is 14.1 Å². The first-order valence-electron chi connectivity index (χ1n) is 3.58. The van der Waals surface area contributed by atoms with Crippen LogP contribution in [0.3, 0.4) is 0 Å². The molecule has 0 radical (unpaired) electrons. The monoisotopic (exact) mass is 181 g/mol. The van der Waals surface area contributed by atoms with E-state index < -0.39 is 0 Å². The Morgan fingerprint density at radius 2 is 2.42 bits per heavy atom. The average Bonchev–Trinajstić information content (AvgIpc) is 2.29. The Morgan fingerprint density at radius 1 is 1.67 bits per heavy atom. The minimum atomic E-state index is 0.631. The first kappa shape index (κ1) is 7.42. The number of hydrogen-bond donors (Lipinski definition) is 1. The van der Waals surface area contributed by atoms with E-state index in [1.165, 1.54) is 0 Å². The third-order valence-corrected chi connectivity index (χ3v) is 2.16. The van der Waals surface area contributed by atoms with Crippen LogP contribution < -0.4 is 4.57 Å². The van der Waals surface area contributed by atoms with Gasteiger partial charge >= 0.3 is 0 Å². The predicted octanol–water partition coefficient (Wildman–Crippen LogP) is 0.455. The molecular formula is C7H9N4S+. The molecule has 62 valence electrons. The molecule has 0 saturated heterocycles. The molecule has 2 rings (SSSR count). The lowest BCUT2D eigenvalue weighted by molar-refractivity contribution is -0.647. The van der Waals surface area contributed by atoms with Gasteiger partial charge in [-0.1, -0.05) is 12.2 Å². The van der Waals surface area contributed by atoms with Gasteiger partial charge in [0.2, 0.25) is 5.52 Å². The molecule has 0 saturated carbocycles. The topological polar surface area (TPSA) is 37.5 Å². The maximum atomic E-state index is 5.09. The zero-order chi connectivity index (χ0) is 8.72. The summed E-state index contributed by atoms with van der Waals surface area (Å²) in [6, 6.07) is 0. The molecular weight excluding hydrogens is 172 g/mol. The second-order valence-corrected chi connectivity index (χ2v) is 3.13. The van der Waals surface area contributed by atoms with E-state index >= 15 is 0 Å². The highest BCUT2D eigenvalue weighted by Crippen LogP contribution is 2.05. The van der Waals surface area contributed by atoms with Crippen molar-refractivity contribution in [3.63, 3.8) is 0 Å². The molecule has 0 spiro atoms. The van der Waals surface area contributed by atoms with Crippen molar-refractivity contribution in [3.05, 3.63) is 17.3 Å². The number of hydrogen-bond acceptors (Lipinski definition) is 2. The van der Waals surface area contributed by atoms with Crippen LogP contribution >= 0.6 is 12.2 Å². The third-order valence-electron chi connectivity index (χ3n) is 1.86. The van der Waals surface area contributed by atoms with E-state index in [9.17, 15) is 0 Å². The van der Waals surface area contributed by atoms with Crippen LogP contribution in [0.15, 0.2) is 12.7 Å². The number of nitrogens with one attached hydrogen (secondary N) is 1. The fourth-order valence-electron chi connectivity index (χ4n) is 1.34. The van der Waals surface area contributed by atoms with E-state index in [2.05, 4.69) is 9.97 Å². The van der Waals surface area contributed by atoms with Crippen molar-refractivity contribution < 1.29 is 4.57 Å². The van der Waals surface area contributed by atoms with Crippen LogP contribution in [0.4, 0.5) is 0 Å². The Bertz CT molecular complexity index is 482. The quantitative estimate of drug-likeness (QED) is 0.473. The molecule has 0 unspecified atom stereocenters. The number of fused-ring (bicyclic) bond motifs is 1. The molecule has 2 heterocycles. The molecule has 0 amide bonds. The Hall–Kier alpha value is -1.23. The highest BCUT2D eigenvalue weighted by molar-refractivity contribution is 7.71. The lowest BCUT2D eigenvalue weighted by Crippen LogP contribution is -2.26. The van der Waals surface area contributed by atoms with Gasteiger partial charge in [0.05, 0.1) is 14.1 Å². The SMILES string of the molecule is Cn1c[n+](C)c2[nH]cnc(=S)c21. The van der Waals surface area contributed by atoms with E-state index in [0.29, 0.717) is 4.64 Å². The van der Waals surface area contributed by atoms with Gasteiger partial charge in [-0.2, -0.15) is 0 Å². The molecule has 2 aromatic heterocycles. The van der Waals surface area contributed by atoms with Crippen LogP contribution in [0, 0.1) is 4.64 Å². The van der Waals surface area contributed by atoms with E-state index in [0.717, 1.165) is 11.2 Å². The fraction of sp³-hybridized carbons (Fsp3) is 0.286. The molecule has 1 N–H and O–H groups in total. The van der Waals surface area contributed by atoms with Crippen molar-refractivity contribution in [1.29, 1.82) is 0 Å². The number of H-pyrrole nitrogens is 1. The van der Waals surface area contributed by atoms with Gasteiger partial charge < -0.3 is 0 Å². The number of nitrogens with zero attached hydrogens (tertiary/aromatic N) is 3. The molecule has 0 aliphatic heterocycles. The predicted molar refractivity (Wildman–Crippen MR) is 47.1 cm³/mol. The standard InChI is InChI=1S/C7H8N4S/c1-10-4-11(2)6-5(10)7(12)9-3-8-6/h3-4H,1-2H3/p+1. The number of aryl methyl sites for hydroxylation is 2. The maximum absolute atomic E-state index is 5.09. The van der Waals surface area contributed by atoms with Crippen LogP contribution in [0.2, 0.25) is 0 Å². The van der Waals surface area contributed by atoms with Gasteiger partial charge in [0.1, 0.15) is 0 Å². The average molecular weight is 181 g/mol. The number of aromatic amines is 1. The summed E-state index contributed by atoms with van der Waals surface area (Å²) in [6.07, 6.45) is 3.57. The first-order chi connectivity index (χ1) is 5.70. The summed E-state index contributed by atoms with van der Waals surface area (Å²) in [5, 5.41) is 0. The molecule has 12 heavy (non-hydrogen) atoms. The molecule has 0 aromatic carbocycles. The molecule has 0 bridgehead atoms. The fourth-order valence-corrected chi connectivity index (χ4v) is 1.64. The van der Waals surface area contributed by atoms with Crippen molar-refractivity contribution in [1.82, 2.24) is 14.5 Å². The number of imidazole rings is 1. The van der Waals surface area contributed by atoms with Gasteiger partial charge in [0, 0.05) is 0 Å². The Morgan fingerprint density at radius 3 is 3.08 bits per heavy atom. The summed E-state index contributed by atoms with van der Waals surface area (Å²) < 4.78 is 4.57. The summed E-state index contributed by atoms with van der Waals surface area (Å²) in [5.74, 6) is 0. The summed E-state index contributed by atoms with van der Waals surface area (Å²) in [5.41, 5.74) is 1.97. The van der Waals surface area contributed by atoms with E-state index in [4.69, 9.17) is 12.2 Å². The van der Waals surface area contributed by atoms with Crippen LogP contribution in [0.1, 0.15) is 0 Å². The van der Waals surface area contributed by atoms with Gasteiger partial charge in [-0.3, -0.25) is 9.55 Å². The van der Waals surface area contributed by atoms with E-state index in [-0.39, 0.29) is 0 Å². The number of rotatable bonds is 0. The molecule has 0 aliphatic carbocycles. The highest BCUT2D eigenvalue weighted by atomic mass is 32.1. The van der Waals surface area contributed by atoms with Gasteiger partial charge in [-0.15, -0.1) is 0 Å². The Balaban J connectivity index is 3.09. The van der Waals surface area contributed by atoms with Crippen LogP contribution in [0.25, 0.3) is 11.2 Å². The minimum Gasteiger partial charge on any atom is -0.261 e. The lowest BCUT2D eigenvalue weighted by atomic mass is 10.5. The Labute approximate surface area is 74.5 Å². The van der Waals surface area contributed by atoms with Crippen molar-refractivity contribution in [3.8, 4) is 0 Å². The third kappa shape index (κ3) is 0.863. The van der Waals surface area contributed by atoms with Gasteiger partial charge in [-0.25, -0.2) is 9.55 Å².